The van der Waals surface area contributed by atoms with Crippen molar-refractivity contribution in [2.75, 3.05) is 37.7 Å². The number of pyridine rings is 1. The van der Waals surface area contributed by atoms with Crippen molar-refractivity contribution in [3.8, 4) is 5.88 Å². The molecule has 0 aliphatic carbocycles. The molecule has 4 nitrogen and oxygen atoms in total. The van der Waals surface area contributed by atoms with Gasteiger partial charge in [0.1, 0.15) is 5.82 Å². The number of hydrogen-bond donors (Lipinski definition) is 0. The van der Waals surface area contributed by atoms with Crippen molar-refractivity contribution in [3.05, 3.63) is 54.0 Å². The molecule has 3 rings (SSSR count). The van der Waals surface area contributed by atoms with E-state index in [9.17, 15) is 4.39 Å². The Kier molecular flexibility index (Phi) is 5.64. The van der Waals surface area contributed by atoms with Gasteiger partial charge in [0.05, 0.1) is 6.61 Å². The van der Waals surface area contributed by atoms with E-state index >= 15 is 0 Å². The van der Waals surface area contributed by atoms with Crippen molar-refractivity contribution in [1.29, 1.82) is 0 Å². The molecule has 1 aromatic carbocycles. The Morgan fingerprint density at radius 2 is 1.88 bits per heavy atom. The van der Waals surface area contributed by atoms with Crippen LogP contribution in [0.1, 0.15) is 18.9 Å². The highest BCUT2D eigenvalue weighted by Crippen LogP contribution is 2.18. The quantitative estimate of drug-likeness (QED) is 0.841. The summed E-state index contributed by atoms with van der Waals surface area (Å²) in [6.45, 7) is 7.50. The molecule has 0 N–H and O–H groups in total. The average molecular weight is 329 g/mol. The zero-order valence-corrected chi connectivity index (χ0v) is 14.1. The van der Waals surface area contributed by atoms with Gasteiger partial charge in [-0.05, 0) is 43.2 Å². The van der Waals surface area contributed by atoms with Crippen molar-refractivity contribution in [2.45, 2.75) is 19.9 Å². The first-order valence-electron chi connectivity index (χ1n) is 8.55. The molecule has 2 heterocycles. The molecule has 0 saturated carbocycles. The van der Waals surface area contributed by atoms with Gasteiger partial charge in [0, 0.05) is 50.7 Å². The third-order valence-electron chi connectivity index (χ3n) is 4.28. The highest BCUT2D eigenvalue weighted by Gasteiger charge is 2.15. The summed E-state index contributed by atoms with van der Waals surface area (Å²) in [7, 11) is 0. The molecular weight excluding hydrogens is 305 g/mol. The first kappa shape index (κ1) is 16.7. The fourth-order valence-corrected chi connectivity index (χ4v) is 3.04. The van der Waals surface area contributed by atoms with Crippen LogP contribution in [0.2, 0.25) is 0 Å². The van der Waals surface area contributed by atoms with E-state index in [0.29, 0.717) is 12.5 Å². The molecule has 1 saturated heterocycles. The molecular formula is C19H24FN3O. The molecule has 0 bridgehead atoms. The van der Waals surface area contributed by atoms with Gasteiger partial charge < -0.3 is 9.64 Å². The van der Waals surface area contributed by atoms with Crippen LogP contribution in [0.15, 0.2) is 42.6 Å². The van der Waals surface area contributed by atoms with Crippen molar-refractivity contribution in [1.82, 2.24) is 9.88 Å². The van der Waals surface area contributed by atoms with E-state index in [2.05, 4.69) is 20.9 Å². The Hall–Kier alpha value is -2.14. The van der Waals surface area contributed by atoms with Crippen molar-refractivity contribution >= 4 is 5.69 Å². The number of nitrogens with zero attached hydrogens (tertiary/aromatic N) is 3. The number of anilines is 1. The Morgan fingerprint density at radius 1 is 1.04 bits per heavy atom. The van der Waals surface area contributed by atoms with Crippen LogP contribution in [-0.4, -0.2) is 42.7 Å². The minimum atomic E-state index is -0.182. The maximum absolute atomic E-state index is 13.1. The molecule has 0 unspecified atom stereocenters. The first-order valence-corrected chi connectivity index (χ1v) is 8.55. The van der Waals surface area contributed by atoms with E-state index in [4.69, 9.17) is 4.74 Å². The minimum Gasteiger partial charge on any atom is -0.478 e. The second-order valence-corrected chi connectivity index (χ2v) is 6.03. The lowest BCUT2D eigenvalue weighted by Crippen LogP contribution is -2.30. The number of benzene rings is 1. The molecule has 5 heteroatoms. The first-order chi connectivity index (χ1) is 11.7. The van der Waals surface area contributed by atoms with E-state index in [1.165, 1.54) is 17.7 Å². The summed E-state index contributed by atoms with van der Waals surface area (Å²) in [5.74, 6) is 0.498. The van der Waals surface area contributed by atoms with Gasteiger partial charge in [0.15, 0.2) is 0 Å². The van der Waals surface area contributed by atoms with Gasteiger partial charge in [-0.3, -0.25) is 4.90 Å². The Bertz CT molecular complexity index is 630. The van der Waals surface area contributed by atoms with Crippen LogP contribution in [0.3, 0.4) is 0 Å². The molecule has 24 heavy (non-hydrogen) atoms. The Balaban J connectivity index is 1.56. The number of rotatable bonds is 5. The number of aromatic nitrogens is 1. The molecule has 1 aromatic heterocycles. The summed E-state index contributed by atoms with van der Waals surface area (Å²) in [6, 6.07) is 10.8. The number of ether oxygens (including phenoxy) is 1. The number of halogens is 1. The molecule has 1 aliphatic heterocycles. The third-order valence-corrected chi connectivity index (χ3v) is 4.28. The lowest BCUT2D eigenvalue weighted by molar-refractivity contribution is 0.284. The smallest absolute Gasteiger partial charge is 0.213 e. The fraction of sp³-hybridized carbons (Fsp3) is 0.421. The van der Waals surface area contributed by atoms with Gasteiger partial charge in [-0.1, -0.05) is 6.07 Å². The van der Waals surface area contributed by atoms with Gasteiger partial charge in [0.2, 0.25) is 5.88 Å². The molecule has 0 radical (unpaired) electrons. The normalized spacial score (nSPS) is 16.0. The van der Waals surface area contributed by atoms with Crippen LogP contribution in [-0.2, 0) is 6.54 Å². The predicted molar refractivity (Wildman–Crippen MR) is 93.9 cm³/mol. The second kappa shape index (κ2) is 8.11. The van der Waals surface area contributed by atoms with Gasteiger partial charge in [-0.25, -0.2) is 9.37 Å². The van der Waals surface area contributed by atoms with Gasteiger partial charge in [-0.2, -0.15) is 0 Å². The SMILES string of the molecule is CCOc1ccc(CN2CCCN(c3ccc(F)cc3)CC2)cn1. The van der Waals surface area contributed by atoms with E-state index in [1.807, 2.05) is 31.3 Å². The summed E-state index contributed by atoms with van der Waals surface area (Å²) < 4.78 is 18.5. The van der Waals surface area contributed by atoms with E-state index in [-0.39, 0.29) is 5.82 Å². The van der Waals surface area contributed by atoms with Gasteiger partial charge in [-0.15, -0.1) is 0 Å². The van der Waals surface area contributed by atoms with Crippen molar-refractivity contribution in [2.24, 2.45) is 0 Å². The summed E-state index contributed by atoms with van der Waals surface area (Å²) >= 11 is 0. The van der Waals surface area contributed by atoms with Crippen LogP contribution in [0.4, 0.5) is 10.1 Å². The highest BCUT2D eigenvalue weighted by atomic mass is 19.1. The van der Waals surface area contributed by atoms with E-state index < -0.39 is 0 Å². The van der Waals surface area contributed by atoms with E-state index in [1.54, 1.807) is 0 Å². The molecule has 128 valence electrons. The highest BCUT2D eigenvalue weighted by molar-refractivity contribution is 5.46. The van der Waals surface area contributed by atoms with Gasteiger partial charge >= 0.3 is 0 Å². The number of hydrogen-bond acceptors (Lipinski definition) is 4. The zero-order chi connectivity index (χ0) is 16.8. The van der Waals surface area contributed by atoms with Crippen LogP contribution in [0.5, 0.6) is 5.88 Å². The largest absolute Gasteiger partial charge is 0.478 e. The van der Waals surface area contributed by atoms with Crippen LogP contribution in [0, 0.1) is 5.82 Å². The van der Waals surface area contributed by atoms with Gasteiger partial charge in [0.25, 0.3) is 0 Å². The van der Waals surface area contributed by atoms with Crippen molar-refractivity contribution < 1.29 is 9.13 Å². The van der Waals surface area contributed by atoms with Crippen LogP contribution in [0.25, 0.3) is 0 Å². The lowest BCUT2D eigenvalue weighted by Gasteiger charge is -2.23. The average Bonchev–Trinajstić information content (AvgIpc) is 2.83. The minimum absolute atomic E-state index is 0.182. The molecule has 0 atom stereocenters. The van der Waals surface area contributed by atoms with Crippen LogP contribution >= 0.6 is 0 Å². The molecule has 0 amide bonds. The topological polar surface area (TPSA) is 28.6 Å². The summed E-state index contributed by atoms with van der Waals surface area (Å²) in [6.07, 6.45) is 3.00. The monoisotopic (exact) mass is 329 g/mol. The Morgan fingerprint density at radius 3 is 2.58 bits per heavy atom. The summed E-state index contributed by atoms with van der Waals surface area (Å²) in [4.78, 5) is 9.11. The molecule has 0 spiro atoms. The maximum atomic E-state index is 13.1. The standard InChI is InChI=1S/C19H24FN3O/c1-2-24-19-9-4-16(14-21-19)15-22-10-3-11-23(13-12-22)18-7-5-17(20)6-8-18/h4-9,14H,2-3,10-13,15H2,1H3. The van der Waals surface area contributed by atoms with Crippen LogP contribution < -0.4 is 9.64 Å². The predicted octanol–water partition coefficient (Wildman–Crippen LogP) is 3.33. The third kappa shape index (κ3) is 4.45. The molecule has 1 aliphatic rings. The summed E-state index contributed by atoms with van der Waals surface area (Å²) in [5.41, 5.74) is 2.30. The fourth-order valence-electron chi connectivity index (χ4n) is 3.04. The molecule has 2 aromatic rings. The van der Waals surface area contributed by atoms with Crippen molar-refractivity contribution in [3.63, 3.8) is 0 Å². The zero-order valence-electron chi connectivity index (χ0n) is 14.1. The molecule has 1 fully saturated rings. The lowest BCUT2D eigenvalue weighted by atomic mass is 10.2. The second-order valence-electron chi connectivity index (χ2n) is 6.03. The Labute approximate surface area is 142 Å². The summed E-state index contributed by atoms with van der Waals surface area (Å²) in [5, 5.41) is 0. The maximum Gasteiger partial charge on any atom is 0.213 e. The van der Waals surface area contributed by atoms with E-state index in [0.717, 1.165) is 44.8 Å².